The van der Waals surface area contributed by atoms with Gasteiger partial charge in [0.15, 0.2) is 0 Å². The highest BCUT2D eigenvalue weighted by Gasteiger charge is 2.12. The number of rotatable bonds is 6. The number of nitrogens with one attached hydrogen (secondary N) is 4. The van der Waals surface area contributed by atoms with Crippen LogP contribution in [0.4, 0.5) is 11.4 Å². The molecule has 4 N–H and O–H groups in total. The fourth-order valence-electron chi connectivity index (χ4n) is 3.75. The summed E-state index contributed by atoms with van der Waals surface area (Å²) < 4.78 is 0. The normalized spacial score (nSPS) is 11.0. The van der Waals surface area contributed by atoms with Crippen LogP contribution in [0.15, 0.2) is 73.3 Å². The highest BCUT2D eigenvalue weighted by molar-refractivity contribution is 5.98. The molecule has 0 aliphatic heterocycles. The van der Waals surface area contributed by atoms with Gasteiger partial charge in [-0.3, -0.25) is 9.59 Å². The van der Waals surface area contributed by atoms with Crippen molar-refractivity contribution in [3.8, 4) is 0 Å². The van der Waals surface area contributed by atoms with E-state index in [1.165, 1.54) is 0 Å². The van der Waals surface area contributed by atoms with Crippen LogP contribution in [0, 0.1) is 0 Å². The third-order valence-electron chi connectivity index (χ3n) is 5.21. The van der Waals surface area contributed by atoms with Crippen molar-refractivity contribution in [3.63, 3.8) is 0 Å². The van der Waals surface area contributed by atoms with Gasteiger partial charge in [-0.2, -0.15) is 0 Å². The minimum absolute atomic E-state index is 0.149. The van der Waals surface area contributed by atoms with E-state index >= 15 is 0 Å². The van der Waals surface area contributed by atoms with Crippen LogP contribution in [-0.2, 0) is 22.4 Å². The lowest BCUT2D eigenvalue weighted by atomic mass is 10.1. The highest BCUT2D eigenvalue weighted by Crippen LogP contribution is 2.20. The summed E-state index contributed by atoms with van der Waals surface area (Å²) in [5.41, 5.74) is 4.49. The van der Waals surface area contributed by atoms with E-state index in [-0.39, 0.29) is 24.7 Å². The van der Waals surface area contributed by atoms with Crippen molar-refractivity contribution in [2.45, 2.75) is 12.8 Å². The maximum Gasteiger partial charge on any atom is 0.228 e. The Bertz CT molecular complexity index is 1330. The number of carbonyl (C=O) groups is 2. The van der Waals surface area contributed by atoms with E-state index in [1.807, 2.05) is 24.3 Å². The lowest BCUT2D eigenvalue weighted by molar-refractivity contribution is -0.116. The van der Waals surface area contributed by atoms with Gasteiger partial charge in [0, 0.05) is 46.9 Å². The maximum absolute atomic E-state index is 12.6. The number of anilines is 2. The van der Waals surface area contributed by atoms with Gasteiger partial charge in [0.05, 0.1) is 12.8 Å². The molecule has 0 aliphatic rings. The zero-order valence-electron chi connectivity index (χ0n) is 17.1. The molecule has 2 amide bonds. The Morgan fingerprint density at radius 3 is 1.72 bits per heavy atom. The summed E-state index contributed by atoms with van der Waals surface area (Å²) in [6, 6.07) is 14.7. The van der Waals surface area contributed by atoms with Gasteiger partial charge in [-0.15, -0.1) is 0 Å². The van der Waals surface area contributed by atoms with Crippen LogP contribution in [-0.4, -0.2) is 31.8 Å². The molecule has 0 fully saturated rings. The molecular weight excluding hydrogens is 404 g/mol. The fraction of sp³-hybridized carbons (Fsp3) is 0.0833. The van der Waals surface area contributed by atoms with E-state index in [9.17, 15) is 9.59 Å². The summed E-state index contributed by atoms with van der Waals surface area (Å²) in [6.45, 7) is 0. The lowest BCUT2D eigenvalue weighted by Crippen LogP contribution is -2.16. The maximum atomic E-state index is 12.6. The molecular formula is C24H20N6O2. The summed E-state index contributed by atoms with van der Waals surface area (Å²) in [4.78, 5) is 39.7. The number of hydrogen-bond acceptors (Lipinski definition) is 4. The van der Waals surface area contributed by atoms with Crippen LogP contribution in [0.3, 0.4) is 0 Å². The summed E-state index contributed by atoms with van der Waals surface area (Å²) >= 11 is 0. The molecule has 0 saturated heterocycles. The van der Waals surface area contributed by atoms with Crippen molar-refractivity contribution in [2.24, 2.45) is 0 Å². The number of nitrogens with zero attached hydrogens (tertiary/aromatic N) is 2. The molecule has 1 aromatic carbocycles. The average Bonchev–Trinajstić information content (AvgIpc) is 3.38. The van der Waals surface area contributed by atoms with E-state index in [0.717, 1.165) is 33.2 Å². The summed E-state index contributed by atoms with van der Waals surface area (Å²) in [5, 5.41) is 7.63. The van der Waals surface area contributed by atoms with Gasteiger partial charge in [0.2, 0.25) is 11.8 Å². The summed E-state index contributed by atoms with van der Waals surface area (Å²) in [6.07, 6.45) is 7.45. The average molecular weight is 424 g/mol. The number of H-pyrrole nitrogens is 2. The molecule has 5 rings (SSSR count). The number of aromatic nitrogens is 4. The first-order chi connectivity index (χ1) is 15.7. The largest absolute Gasteiger partial charge is 0.346 e. The first kappa shape index (κ1) is 19.5. The standard InChI is InChI=1S/C24H20N6O2/c31-21(10-15-13-27-23-19(15)6-2-8-25-23)29-17-4-1-5-18(12-17)30-22(32)11-16-14-28-24-20(16)7-3-9-26-24/h1-9,12-14H,10-11H2,(H,25,27)(H,26,28)(H,29,31)(H,30,32). The number of benzene rings is 1. The molecule has 0 spiro atoms. The van der Waals surface area contributed by atoms with Crippen LogP contribution >= 0.6 is 0 Å². The lowest BCUT2D eigenvalue weighted by Gasteiger charge is -2.09. The van der Waals surface area contributed by atoms with E-state index in [1.54, 1.807) is 49.1 Å². The molecule has 0 unspecified atom stereocenters. The first-order valence-corrected chi connectivity index (χ1v) is 10.2. The number of aromatic amines is 2. The smallest absolute Gasteiger partial charge is 0.228 e. The topological polar surface area (TPSA) is 116 Å². The van der Waals surface area contributed by atoms with Crippen molar-refractivity contribution in [3.05, 3.63) is 84.4 Å². The van der Waals surface area contributed by atoms with E-state index in [0.29, 0.717) is 11.4 Å². The number of hydrogen-bond donors (Lipinski definition) is 4. The van der Waals surface area contributed by atoms with Gasteiger partial charge in [0.1, 0.15) is 11.3 Å². The fourth-order valence-corrected chi connectivity index (χ4v) is 3.75. The van der Waals surface area contributed by atoms with Crippen LogP contribution < -0.4 is 10.6 Å². The Balaban J connectivity index is 1.23. The van der Waals surface area contributed by atoms with Crippen LogP contribution in [0.1, 0.15) is 11.1 Å². The quantitative estimate of drug-likeness (QED) is 0.332. The van der Waals surface area contributed by atoms with Gasteiger partial charge in [0.25, 0.3) is 0 Å². The van der Waals surface area contributed by atoms with Gasteiger partial charge in [-0.1, -0.05) is 6.07 Å². The second-order valence-corrected chi connectivity index (χ2v) is 7.46. The Labute approximate surface area is 183 Å². The molecule has 32 heavy (non-hydrogen) atoms. The second kappa shape index (κ2) is 8.35. The molecule has 0 saturated carbocycles. The van der Waals surface area contributed by atoms with Crippen molar-refractivity contribution in [2.75, 3.05) is 10.6 Å². The number of amides is 2. The molecule has 0 atom stereocenters. The van der Waals surface area contributed by atoms with E-state index < -0.39 is 0 Å². The SMILES string of the molecule is O=C(Cc1c[nH]c2ncccc12)Nc1cccc(NC(=O)Cc2c[nH]c3ncccc23)c1. The number of pyridine rings is 2. The van der Waals surface area contributed by atoms with Gasteiger partial charge in [-0.25, -0.2) is 9.97 Å². The van der Waals surface area contributed by atoms with Crippen molar-refractivity contribution in [1.29, 1.82) is 0 Å². The predicted octanol–water partition coefficient (Wildman–Crippen LogP) is 3.80. The van der Waals surface area contributed by atoms with Crippen LogP contribution in [0.5, 0.6) is 0 Å². The Hall–Kier alpha value is -4.46. The molecule has 0 aliphatic carbocycles. The van der Waals surface area contributed by atoms with Gasteiger partial charge >= 0.3 is 0 Å². The second-order valence-electron chi connectivity index (χ2n) is 7.46. The zero-order chi connectivity index (χ0) is 21.9. The van der Waals surface area contributed by atoms with Crippen molar-refractivity contribution in [1.82, 2.24) is 19.9 Å². The molecule has 5 aromatic rings. The highest BCUT2D eigenvalue weighted by atomic mass is 16.2. The van der Waals surface area contributed by atoms with E-state index in [4.69, 9.17) is 0 Å². The number of fused-ring (bicyclic) bond motifs is 2. The molecule has 4 aromatic heterocycles. The van der Waals surface area contributed by atoms with Crippen molar-refractivity contribution < 1.29 is 9.59 Å². The van der Waals surface area contributed by atoms with Crippen LogP contribution in [0.25, 0.3) is 22.1 Å². The minimum Gasteiger partial charge on any atom is -0.346 e. The molecule has 0 radical (unpaired) electrons. The number of carbonyl (C=O) groups excluding carboxylic acids is 2. The zero-order valence-corrected chi connectivity index (χ0v) is 17.1. The summed E-state index contributed by atoms with van der Waals surface area (Å²) in [5.74, 6) is -0.297. The van der Waals surface area contributed by atoms with Gasteiger partial charge < -0.3 is 20.6 Å². The molecule has 8 nitrogen and oxygen atoms in total. The third kappa shape index (κ3) is 4.06. The Kier molecular flexibility index (Phi) is 5.09. The molecule has 0 bridgehead atoms. The summed E-state index contributed by atoms with van der Waals surface area (Å²) in [7, 11) is 0. The minimum atomic E-state index is -0.149. The van der Waals surface area contributed by atoms with Crippen molar-refractivity contribution >= 4 is 45.3 Å². The third-order valence-corrected chi connectivity index (χ3v) is 5.21. The first-order valence-electron chi connectivity index (χ1n) is 10.2. The van der Waals surface area contributed by atoms with Crippen LogP contribution in [0.2, 0.25) is 0 Å². The molecule has 4 heterocycles. The molecule has 158 valence electrons. The Morgan fingerprint density at radius 2 is 1.22 bits per heavy atom. The van der Waals surface area contributed by atoms with Gasteiger partial charge in [-0.05, 0) is 53.6 Å². The van der Waals surface area contributed by atoms with E-state index in [2.05, 4.69) is 30.6 Å². The monoisotopic (exact) mass is 424 g/mol. The Morgan fingerprint density at radius 1 is 0.719 bits per heavy atom. The molecule has 8 heteroatoms. The predicted molar refractivity (Wildman–Crippen MR) is 123 cm³/mol.